The number of hydrogen-bond donors (Lipinski definition) is 0. The molecule has 0 unspecified atom stereocenters. The lowest BCUT2D eigenvalue weighted by Crippen LogP contribution is -2.31. The minimum Gasteiger partial charge on any atom is -0.423 e. The summed E-state index contributed by atoms with van der Waals surface area (Å²) in [6.07, 6.45) is 2.47. The van der Waals surface area contributed by atoms with Crippen LogP contribution in [-0.4, -0.2) is 17.8 Å². The van der Waals surface area contributed by atoms with Gasteiger partial charge in [-0.2, -0.15) is 0 Å². The Morgan fingerprint density at radius 1 is 0.966 bits per heavy atom. The number of benzene rings is 2. The maximum atomic E-state index is 12.9. The highest BCUT2D eigenvalue weighted by Gasteiger charge is 2.50. The lowest BCUT2D eigenvalue weighted by Gasteiger charge is -2.25. The molecular weight excluding hydrogens is 366 g/mol. The number of carbonyl (C=O) groups excluding carboxylic acids is 3. The number of rotatable bonds is 3. The normalized spacial score (nSPS) is 23.8. The molecule has 0 spiro atoms. The predicted octanol–water partition coefficient (Wildman–Crippen LogP) is 4.45. The Hall–Kier alpha value is -2.95. The first-order valence-corrected chi connectivity index (χ1v) is 10.1. The molecule has 1 heterocycles. The van der Waals surface area contributed by atoms with Crippen LogP contribution in [0.5, 0.6) is 5.75 Å². The first-order valence-electron chi connectivity index (χ1n) is 10.1. The van der Waals surface area contributed by atoms with Crippen LogP contribution in [0.15, 0.2) is 42.5 Å². The van der Waals surface area contributed by atoms with Gasteiger partial charge in [0.15, 0.2) is 0 Å². The van der Waals surface area contributed by atoms with Crippen molar-refractivity contribution in [2.24, 2.45) is 17.8 Å². The SMILES string of the molecule is Cc1ccc(OC(=O)c2cccc(N3C(=O)[C@H]4CC[C@H](C)C[C@@H]4C3=O)c2)cc1C. The second kappa shape index (κ2) is 7.47. The largest absolute Gasteiger partial charge is 0.423 e. The van der Waals surface area contributed by atoms with Crippen LogP contribution in [0.3, 0.4) is 0 Å². The van der Waals surface area contributed by atoms with E-state index in [9.17, 15) is 14.4 Å². The Kier molecular flexibility index (Phi) is 4.99. The molecule has 1 aliphatic heterocycles. The predicted molar refractivity (Wildman–Crippen MR) is 110 cm³/mol. The molecule has 2 aromatic rings. The van der Waals surface area contributed by atoms with Gasteiger partial charge in [-0.05, 0) is 80.5 Å². The van der Waals surface area contributed by atoms with Gasteiger partial charge in [0.05, 0.1) is 23.1 Å². The monoisotopic (exact) mass is 391 g/mol. The van der Waals surface area contributed by atoms with Gasteiger partial charge >= 0.3 is 5.97 Å². The molecule has 5 heteroatoms. The Morgan fingerprint density at radius 3 is 2.48 bits per heavy atom. The van der Waals surface area contributed by atoms with Crippen LogP contribution in [-0.2, 0) is 9.59 Å². The summed E-state index contributed by atoms with van der Waals surface area (Å²) in [7, 11) is 0. The summed E-state index contributed by atoms with van der Waals surface area (Å²) >= 11 is 0. The van der Waals surface area contributed by atoms with E-state index in [1.165, 1.54) is 4.90 Å². The number of ether oxygens (including phenoxy) is 1. The van der Waals surface area contributed by atoms with Crippen LogP contribution in [0.1, 0.15) is 47.7 Å². The van der Waals surface area contributed by atoms with Gasteiger partial charge in [-0.1, -0.05) is 19.1 Å². The Bertz CT molecular complexity index is 996. The highest BCUT2D eigenvalue weighted by Crippen LogP contribution is 2.42. The number of hydrogen-bond acceptors (Lipinski definition) is 4. The average molecular weight is 391 g/mol. The van der Waals surface area contributed by atoms with Gasteiger partial charge in [-0.25, -0.2) is 4.79 Å². The third kappa shape index (κ3) is 3.57. The molecule has 2 aliphatic rings. The lowest BCUT2D eigenvalue weighted by atomic mass is 9.76. The van der Waals surface area contributed by atoms with E-state index in [2.05, 4.69) is 6.92 Å². The van der Waals surface area contributed by atoms with Crippen LogP contribution in [0, 0.1) is 31.6 Å². The fourth-order valence-electron chi connectivity index (χ4n) is 4.36. The Balaban J connectivity index is 1.57. The standard InChI is InChI=1S/C24H25NO4/c1-14-7-10-20-21(11-14)23(27)25(22(20)26)18-6-4-5-17(13-18)24(28)29-19-9-8-15(2)16(3)12-19/h4-6,8-9,12-14,20-21H,7,10-11H2,1-3H3/t14-,20-,21-/m0/s1. The quantitative estimate of drug-likeness (QED) is 0.441. The molecule has 150 valence electrons. The van der Waals surface area contributed by atoms with Crippen molar-refractivity contribution in [3.63, 3.8) is 0 Å². The second-order valence-corrected chi connectivity index (χ2v) is 8.33. The second-order valence-electron chi connectivity index (χ2n) is 8.33. The third-order valence-electron chi connectivity index (χ3n) is 6.22. The Labute approximate surface area is 170 Å². The molecule has 2 aromatic carbocycles. The molecule has 2 amide bonds. The third-order valence-corrected chi connectivity index (χ3v) is 6.22. The highest BCUT2D eigenvalue weighted by molar-refractivity contribution is 6.22. The molecular formula is C24H25NO4. The molecule has 29 heavy (non-hydrogen) atoms. The number of amides is 2. The molecule has 1 aliphatic carbocycles. The van der Waals surface area contributed by atoms with Gasteiger partial charge in [-0.15, -0.1) is 0 Å². The molecule has 2 fully saturated rings. The van der Waals surface area contributed by atoms with E-state index in [-0.39, 0.29) is 23.7 Å². The molecule has 3 atom stereocenters. The number of fused-ring (bicyclic) bond motifs is 1. The lowest BCUT2D eigenvalue weighted by molar-refractivity contribution is -0.122. The maximum absolute atomic E-state index is 12.9. The molecule has 0 N–H and O–H groups in total. The summed E-state index contributed by atoms with van der Waals surface area (Å²) < 4.78 is 5.49. The smallest absolute Gasteiger partial charge is 0.343 e. The molecule has 5 nitrogen and oxygen atoms in total. The van der Waals surface area contributed by atoms with Crippen LogP contribution in [0.4, 0.5) is 5.69 Å². The zero-order valence-electron chi connectivity index (χ0n) is 17.0. The van der Waals surface area contributed by atoms with E-state index in [0.717, 1.165) is 30.4 Å². The fraction of sp³-hybridized carbons (Fsp3) is 0.375. The van der Waals surface area contributed by atoms with Crippen molar-refractivity contribution < 1.29 is 19.1 Å². The van der Waals surface area contributed by atoms with Gasteiger partial charge in [0.25, 0.3) is 0 Å². The first kappa shape index (κ1) is 19.4. The van der Waals surface area contributed by atoms with Gasteiger partial charge in [0, 0.05) is 0 Å². The van der Waals surface area contributed by atoms with Crippen molar-refractivity contribution in [3.05, 3.63) is 59.2 Å². The van der Waals surface area contributed by atoms with E-state index < -0.39 is 5.97 Å². The minimum atomic E-state index is -0.514. The number of anilines is 1. The number of aryl methyl sites for hydroxylation is 2. The van der Waals surface area contributed by atoms with Crippen molar-refractivity contribution in [1.29, 1.82) is 0 Å². The molecule has 1 saturated heterocycles. The summed E-state index contributed by atoms with van der Waals surface area (Å²) in [6.45, 7) is 6.07. The summed E-state index contributed by atoms with van der Waals surface area (Å²) in [5, 5.41) is 0. The van der Waals surface area contributed by atoms with Gasteiger partial charge in [0.1, 0.15) is 5.75 Å². The molecule has 0 bridgehead atoms. The topological polar surface area (TPSA) is 63.7 Å². The number of nitrogens with zero attached hydrogens (tertiary/aromatic N) is 1. The van der Waals surface area contributed by atoms with Crippen LogP contribution >= 0.6 is 0 Å². The fourth-order valence-corrected chi connectivity index (χ4v) is 4.36. The number of carbonyl (C=O) groups is 3. The first-order chi connectivity index (χ1) is 13.8. The zero-order valence-corrected chi connectivity index (χ0v) is 17.0. The molecule has 0 radical (unpaired) electrons. The van der Waals surface area contributed by atoms with Crippen molar-refractivity contribution in [1.82, 2.24) is 0 Å². The summed E-state index contributed by atoms with van der Waals surface area (Å²) in [5.41, 5.74) is 2.91. The Morgan fingerprint density at radius 2 is 1.72 bits per heavy atom. The van der Waals surface area contributed by atoms with Crippen LogP contribution < -0.4 is 9.64 Å². The summed E-state index contributed by atoms with van der Waals surface area (Å²) in [6, 6.07) is 12.0. The van der Waals surface area contributed by atoms with Crippen molar-refractivity contribution >= 4 is 23.5 Å². The van der Waals surface area contributed by atoms with E-state index in [1.807, 2.05) is 26.0 Å². The van der Waals surface area contributed by atoms with Crippen LogP contribution in [0.2, 0.25) is 0 Å². The van der Waals surface area contributed by atoms with Crippen molar-refractivity contribution in [2.45, 2.75) is 40.0 Å². The van der Waals surface area contributed by atoms with E-state index in [4.69, 9.17) is 4.74 Å². The molecule has 0 aromatic heterocycles. The summed E-state index contributed by atoms with van der Waals surface area (Å²) in [5.74, 6) is -0.357. The summed E-state index contributed by atoms with van der Waals surface area (Å²) in [4.78, 5) is 39.7. The van der Waals surface area contributed by atoms with Crippen molar-refractivity contribution in [3.8, 4) is 5.75 Å². The van der Waals surface area contributed by atoms with Crippen molar-refractivity contribution in [2.75, 3.05) is 4.90 Å². The van der Waals surface area contributed by atoms with E-state index >= 15 is 0 Å². The molecule has 4 rings (SSSR count). The van der Waals surface area contributed by atoms with Gasteiger partial charge in [-0.3, -0.25) is 14.5 Å². The van der Waals surface area contributed by atoms with E-state index in [0.29, 0.717) is 22.9 Å². The van der Waals surface area contributed by atoms with Crippen LogP contribution in [0.25, 0.3) is 0 Å². The van der Waals surface area contributed by atoms with E-state index in [1.54, 1.807) is 30.3 Å². The van der Waals surface area contributed by atoms with Gasteiger partial charge in [0.2, 0.25) is 11.8 Å². The molecule has 1 saturated carbocycles. The minimum absolute atomic E-state index is 0.147. The zero-order chi connectivity index (χ0) is 20.7. The average Bonchev–Trinajstić information content (AvgIpc) is 2.94. The maximum Gasteiger partial charge on any atom is 0.343 e. The highest BCUT2D eigenvalue weighted by atomic mass is 16.5. The number of imide groups is 1. The number of esters is 1. The van der Waals surface area contributed by atoms with Gasteiger partial charge < -0.3 is 4.74 Å².